The highest BCUT2D eigenvalue weighted by Crippen LogP contribution is 2.19. The Bertz CT molecular complexity index is 493. The van der Waals surface area contributed by atoms with Crippen LogP contribution in [0.1, 0.15) is 162 Å². The Labute approximate surface area is 216 Å². The molecule has 5 nitrogen and oxygen atoms in total. The lowest BCUT2D eigenvalue weighted by atomic mass is 9.89. The van der Waals surface area contributed by atoms with E-state index in [1.807, 2.05) is 0 Å². The van der Waals surface area contributed by atoms with Crippen LogP contribution in [0.4, 0.5) is 0 Å². The highest BCUT2D eigenvalue weighted by molar-refractivity contribution is 5.99. The van der Waals surface area contributed by atoms with Crippen molar-refractivity contribution >= 4 is 11.8 Å². The number of hydrogen-bond donors (Lipinski definition) is 3. The predicted octanol–water partition coefficient (Wildman–Crippen LogP) is 7.99. The standard InChI is InChI=1S/C30H58O5/c1-3-5-7-9-11-13-14-16-18-20-22-24-27(32)29(30(34)35)28(33)25-26(31)23-21-19-17-15-12-10-8-6-4-2/h26-27,29,31-32H,3-25H2,1-2H3,(H,34,35). The van der Waals surface area contributed by atoms with Gasteiger partial charge in [0.1, 0.15) is 5.92 Å². The van der Waals surface area contributed by atoms with Crippen molar-refractivity contribution in [3.8, 4) is 0 Å². The summed E-state index contributed by atoms with van der Waals surface area (Å²) in [5, 5.41) is 30.1. The van der Waals surface area contributed by atoms with Gasteiger partial charge in [-0.3, -0.25) is 9.59 Å². The Balaban J connectivity index is 3.93. The number of carboxylic acids is 1. The molecule has 3 unspecified atom stereocenters. The van der Waals surface area contributed by atoms with Crippen molar-refractivity contribution in [1.82, 2.24) is 0 Å². The van der Waals surface area contributed by atoms with Gasteiger partial charge < -0.3 is 15.3 Å². The second kappa shape index (κ2) is 24.7. The number of hydrogen-bond acceptors (Lipinski definition) is 4. The van der Waals surface area contributed by atoms with Crippen molar-refractivity contribution in [3.05, 3.63) is 0 Å². The van der Waals surface area contributed by atoms with Gasteiger partial charge in [-0.15, -0.1) is 0 Å². The first-order valence-electron chi connectivity index (χ1n) is 15.1. The van der Waals surface area contributed by atoms with Crippen LogP contribution in [0.5, 0.6) is 0 Å². The number of rotatable bonds is 27. The molecule has 0 fully saturated rings. The number of Topliss-reactive ketones (excluding diaryl/α,β-unsaturated/α-hetero) is 1. The lowest BCUT2D eigenvalue weighted by Crippen LogP contribution is -2.36. The number of carbonyl (C=O) groups excluding carboxylic acids is 1. The van der Waals surface area contributed by atoms with Gasteiger partial charge in [-0.25, -0.2) is 0 Å². The topological polar surface area (TPSA) is 94.8 Å². The maximum absolute atomic E-state index is 12.5. The number of aliphatic hydroxyl groups is 2. The van der Waals surface area contributed by atoms with Crippen molar-refractivity contribution in [2.24, 2.45) is 5.92 Å². The molecule has 5 heteroatoms. The third-order valence-electron chi connectivity index (χ3n) is 7.18. The molecule has 3 N–H and O–H groups in total. The van der Waals surface area contributed by atoms with Gasteiger partial charge in [0.05, 0.1) is 12.2 Å². The highest BCUT2D eigenvalue weighted by atomic mass is 16.4. The van der Waals surface area contributed by atoms with E-state index in [-0.39, 0.29) is 6.42 Å². The highest BCUT2D eigenvalue weighted by Gasteiger charge is 2.33. The number of aliphatic carboxylic acids is 1. The van der Waals surface area contributed by atoms with Crippen molar-refractivity contribution in [3.63, 3.8) is 0 Å². The SMILES string of the molecule is CCCCCCCCCCCCCC(O)C(C(=O)O)C(=O)CC(O)CCCCCCCCCCC. The molecule has 0 rings (SSSR count). The van der Waals surface area contributed by atoms with E-state index >= 15 is 0 Å². The summed E-state index contributed by atoms with van der Waals surface area (Å²) in [4.78, 5) is 24.1. The van der Waals surface area contributed by atoms with Crippen LogP contribution in [0, 0.1) is 5.92 Å². The minimum atomic E-state index is -1.42. The van der Waals surface area contributed by atoms with Gasteiger partial charge in [-0.1, -0.05) is 142 Å². The summed E-state index contributed by atoms with van der Waals surface area (Å²) in [6, 6.07) is 0. The molecule has 0 aliphatic heterocycles. The minimum Gasteiger partial charge on any atom is -0.481 e. The lowest BCUT2D eigenvalue weighted by Gasteiger charge is -2.19. The Morgan fingerprint density at radius 3 is 1.26 bits per heavy atom. The second-order valence-electron chi connectivity index (χ2n) is 10.6. The summed E-state index contributed by atoms with van der Waals surface area (Å²) < 4.78 is 0. The van der Waals surface area contributed by atoms with Crippen LogP contribution in [-0.4, -0.2) is 39.3 Å². The summed E-state index contributed by atoms with van der Waals surface area (Å²) in [6.45, 7) is 4.45. The molecule has 3 atom stereocenters. The summed E-state index contributed by atoms with van der Waals surface area (Å²) in [7, 11) is 0. The van der Waals surface area contributed by atoms with Gasteiger partial charge in [-0.05, 0) is 12.8 Å². The predicted molar refractivity (Wildman–Crippen MR) is 146 cm³/mol. The molecular formula is C30H58O5. The van der Waals surface area contributed by atoms with Gasteiger partial charge in [-0.2, -0.15) is 0 Å². The third kappa shape index (κ3) is 20.9. The number of unbranched alkanes of at least 4 members (excludes halogenated alkanes) is 18. The number of ketones is 1. The Hall–Kier alpha value is -0.940. The van der Waals surface area contributed by atoms with Crippen LogP contribution in [0.25, 0.3) is 0 Å². The molecule has 0 saturated heterocycles. The fourth-order valence-electron chi connectivity index (χ4n) is 4.85. The maximum Gasteiger partial charge on any atom is 0.316 e. The van der Waals surface area contributed by atoms with E-state index in [1.54, 1.807) is 0 Å². The maximum atomic E-state index is 12.5. The lowest BCUT2D eigenvalue weighted by molar-refractivity contribution is -0.151. The summed E-state index contributed by atoms with van der Waals surface area (Å²) in [6.07, 6.45) is 22.4. The first-order valence-corrected chi connectivity index (χ1v) is 15.1. The average Bonchev–Trinajstić information content (AvgIpc) is 2.81. The van der Waals surface area contributed by atoms with Crippen molar-refractivity contribution in [2.75, 3.05) is 0 Å². The zero-order valence-electron chi connectivity index (χ0n) is 23.2. The molecule has 0 aromatic rings. The van der Waals surface area contributed by atoms with E-state index in [0.29, 0.717) is 12.8 Å². The average molecular weight is 499 g/mol. The van der Waals surface area contributed by atoms with Gasteiger partial charge in [0.15, 0.2) is 5.78 Å². The van der Waals surface area contributed by atoms with Crippen LogP contribution < -0.4 is 0 Å². The Kier molecular flexibility index (Phi) is 24.1. The Morgan fingerprint density at radius 2 is 0.886 bits per heavy atom. The van der Waals surface area contributed by atoms with Crippen LogP contribution >= 0.6 is 0 Å². The van der Waals surface area contributed by atoms with Crippen LogP contribution in [0.2, 0.25) is 0 Å². The Morgan fingerprint density at radius 1 is 0.543 bits per heavy atom. The molecule has 35 heavy (non-hydrogen) atoms. The number of carboxylic acid groups (broad SMARTS) is 1. The van der Waals surface area contributed by atoms with Gasteiger partial charge >= 0.3 is 5.97 Å². The molecule has 0 aliphatic carbocycles. The van der Waals surface area contributed by atoms with E-state index in [4.69, 9.17) is 0 Å². The van der Waals surface area contributed by atoms with Crippen LogP contribution in [0.15, 0.2) is 0 Å². The molecule has 0 aliphatic rings. The monoisotopic (exact) mass is 498 g/mol. The number of aliphatic hydroxyl groups excluding tert-OH is 2. The fraction of sp³-hybridized carbons (Fsp3) is 0.933. The largest absolute Gasteiger partial charge is 0.481 e. The van der Waals surface area contributed by atoms with E-state index in [0.717, 1.165) is 38.5 Å². The first-order chi connectivity index (χ1) is 16.9. The summed E-state index contributed by atoms with van der Waals surface area (Å²) in [5.41, 5.74) is 0. The molecule has 0 aromatic heterocycles. The van der Waals surface area contributed by atoms with Crippen molar-refractivity contribution in [1.29, 1.82) is 0 Å². The van der Waals surface area contributed by atoms with E-state index < -0.39 is 29.9 Å². The van der Waals surface area contributed by atoms with Gasteiger partial charge in [0.25, 0.3) is 0 Å². The van der Waals surface area contributed by atoms with Gasteiger partial charge in [0, 0.05) is 6.42 Å². The van der Waals surface area contributed by atoms with E-state index in [1.165, 1.54) is 89.9 Å². The van der Waals surface area contributed by atoms with Crippen LogP contribution in [0.3, 0.4) is 0 Å². The normalized spacial score (nSPS) is 14.1. The van der Waals surface area contributed by atoms with E-state index in [9.17, 15) is 24.9 Å². The molecular weight excluding hydrogens is 440 g/mol. The smallest absolute Gasteiger partial charge is 0.316 e. The summed E-state index contributed by atoms with van der Waals surface area (Å²) in [5.74, 6) is -3.24. The third-order valence-corrected chi connectivity index (χ3v) is 7.18. The van der Waals surface area contributed by atoms with E-state index in [2.05, 4.69) is 13.8 Å². The number of carbonyl (C=O) groups is 2. The molecule has 0 aromatic carbocycles. The summed E-state index contributed by atoms with van der Waals surface area (Å²) >= 11 is 0. The fourth-order valence-corrected chi connectivity index (χ4v) is 4.85. The minimum absolute atomic E-state index is 0.177. The molecule has 0 bridgehead atoms. The molecule has 0 saturated carbocycles. The zero-order chi connectivity index (χ0) is 26.2. The molecule has 208 valence electrons. The van der Waals surface area contributed by atoms with Crippen molar-refractivity contribution in [2.45, 2.75) is 174 Å². The quantitative estimate of drug-likeness (QED) is 0.0788. The molecule has 0 spiro atoms. The van der Waals surface area contributed by atoms with Crippen molar-refractivity contribution < 1.29 is 24.9 Å². The zero-order valence-corrected chi connectivity index (χ0v) is 23.2. The van der Waals surface area contributed by atoms with Crippen LogP contribution in [-0.2, 0) is 9.59 Å². The molecule has 0 heterocycles. The first kappa shape index (κ1) is 34.1. The van der Waals surface area contributed by atoms with Gasteiger partial charge in [0.2, 0.25) is 0 Å². The molecule has 0 amide bonds. The second-order valence-corrected chi connectivity index (χ2v) is 10.6. The molecule has 0 radical (unpaired) electrons.